The van der Waals surface area contributed by atoms with Crippen LogP contribution in [0.4, 0.5) is 5.69 Å². The number of imide groups is 1. The fourth-order valence-electron chi connectivity index (χ4n) is 4.97. The number of rotatable bonds is 5. The molecule has 2 amide bonds. The third-order valence-electron chi connectivity index (χ3n) is 6.64. The van der Waals surface area contributed by atoms with Gasteiger partial charge in [-0.05, 0) is 61.3 Å². The van der Waals surface area contributed by atoms with Crippen molar-refractivity contribution in [2.24, 2.45) is 0 Å². The smallest absolute Gasteiger partial charge is 0.290 e. The van der Waals surface area contributed by atoms with Crippen LogP contribution in [0.25, 0.3) is 0 Å². The maximum Gasteiger partial charge on any atom is 0.290 e. The number of nitrogens with zero attached hydrogens (tertiary/aromatic N) is 3. The lowest BCUT2D eigenvalue weighted by atomic mass is 9.81. The zero-order valence-electron chi connectivity index (χ0n) is 18.3. The molecule has 0 saturated carbocycles. The first-order chi connectivity index (χ1) is 15.0. The lowest BCUT2D eigenvalue weighted by Crippen LogP contribution is -2.40. The molecule has 2 aliphatic heterocycles. The van der Waals surface area contributed by atoms with Gasteiger partial charge < -0.3 is 4.90 Å². The van der Waals surface area contributed by atoms with Gasteiger partial charge in [-0.1, -0.05) is 25.1 Å². The number of piperidine rings is 2. The number of hydrogen-bond acceptors (Lipinski definition) is 5. The number of anilines is 1. The lowest BCUT2D eigenvalue weighted by Gasteiger charge is -2.34. The second-order valence-corrected chi connectivity index (χ2v) is 8.57. The summed E-state index contributed by atoms with van der Waals surface area (Å²) < 4.78 is 1.55. The summed E-state index contributed by atoms with van der Waals surface area (Å²) in [5.74, 6) is -0.236. The molecule has 0 aliphatic carbocycles. The van der Waals surface area contributed by atoms with Crippen LogP contribution in [-0.4, -0.2) is 34.7 Å². The Hall–Kier alpha value is -2.96. The summed E-state index contributed by atoms with van der Waals surface area (Å²) in [5, 5.41) is 6.66. The summed E-state index contributed by atoms with van der Waals surface area (Å²) in [6.45, 7) is 6.40. The van der Waals surface area contributed by atoms with Gasteiger partial charge in [-0.2, -0.15) is 5.10 Å². The molecule has 2 saturated heterocycles. The van der Waals surface area contributed by atoms with Gasteiger partial charge >= 0.3 is 0 Å². The number of aryl methyl sites for hydroxylation is 1. The van der Waals surface area contributed by atoms with Crippen LogP contribution in [0, 0.1) is 6.92 Å². The molecule has 2 aliphatic rings. The van der Waals surface area contributed by atoms with E-state index in [1.807, 2.05) is 25.1 Å². The van der Waals surface area contributed by atoms with Crippen molar-refractivity contribution in [2.45, 2.75) is 64.3 Å². The molecule has 1 aromatic heterocycles. The summed E-state index contributed by atoms with van der Waals surface area (Å²) in [6, 6.07) is 8.02. The molecule has 0 radical (unpaired) electrons. The van der Waals surface area contributed by atoms with Gasteiger partial charge in [-0.25, -0.2) is 4.68 Å². The molecular weight excluding hydrogens is 392 g/mol. The normalized spacial score (nSPS) is 20.1. The average Bonchev–Trinajstić information content (AvgIpc) is 2.76. The van der Waals surface area contributed by atoms with E-state index in [2.05, 4.69) is 28.3 Å². The third-order valence-corrected chi connectivity index (χ3v) is 6.64. The Kier molecular flexibility index (Phi) is 6.20. The SMILES string of the molecule is CCCn1nccc(N2CCC(c3cccc(C4CCC(=O)NC4=O)c3C)CC2)c1=O. The van der Waals surface area contributed by atoms with Crippen LogP contribution >= 0.6 is 0 Å². The fraction of sp³-hybridized carbons (Fsp3) is 0.500. The van der Waals surface area contributed by atoms with Crippen LogP contribution in [0.15, 0.2) is 35.3 Å². The Morgan fingerprint density at radius 1 is 1.06 bits per heavy atom. The predicted molar refractivity (Wildman–Crippen MR) is 119 cm³/mol. The molecule has 0 spiro atoms. The molecule has 2 aromatic rings. The summed E-state index contributed by atoms with van der Waals surface area (Å²) in [5.41, 5.74) is 4.18. The van der Waals surface area contributed by atoms with E-state index in [4.69, 9.17) is 0 Å². The quantitative estimate of drug-likeness (QED) is 0.749. The topological polar surface area (TPSA) is 84.3 Å². The average molecular weight is 423 g/mol. The Balaban J connectivity index is 1.50. The van der Waals surface area contributed by atoms with Crippen LogP contribution in [0.2, 0.25) is 0 Å². The number of carbonyl (C=O) groups is 2. The van der Waals surface area contributed by atoms with E-state index in [0.717, 1.165) is 49.2 Å². The number of aromatic nitrogens is 2. The molecule has 3 heterocycles. The highest BCUT2D eigenvalue weighted by molar-refractivity contribution is 6.01. The summed E-state index contributed by atoms with van der Waals surface area (Å²) in [7, 11) is 0. The molecule has 4 rings (SSSR count). The molecule has 1 N–H and O–H groups in total. The van der Waals surface area contributed by atoms with Crippen molar-refractivity contribution in [1.29, 1.82) is 0 Å². The van der Waals surface area contributed by atoms with Crippen molar-refractivity contribution in [3.05, 3.63) is 57.5 Å². The van der Waals surface area contributed by atoms with Gasteiger partial charge in [-0.3, -0.25) is 19.7 Å². The van der Waals surface area contributed by atoms with Gasteiger partial charge in [0.05, 0.1) is 5.92 Å². The van der Waals surface area contributed by atoms with E-state index in [0.29, 0.717) is 25.3 Å². The standard InChI is InChI=1S/C24H30N4O3/c1-3-13-28-24(31)21(9-12-25-28)27-14-10-17(11-15-27)18-5-4-6-19(16(18)2)20-7-8-22(29)26-23(20)30/h4-6,9,12,17,20H,3,7-8,10-11,13-15H2,1-2H3,(H,26,29,30). The highest BCUT2D eigenvalue weighted by atomic mass is 16.2. The minimum absolute atomic E-state index is 0.0150. The van der Waals surface area contributed by atoms with Crippen LogP contribution in [0.5, 0.6) is 0 Å². The summed E-state index contributed by atoms with van der Waals surface area (Å²) in [4.78, 5) is 38.8. The molecule has 1 unspecified atom stereocenters. The molecule has 7 nitrogen and oxygen atoms in total. The van der Waals surface area contributed by atoms with Gasteiger partial charge in [0, 0.05) is 32.3 Å². The number of benzene rings is 1. The molecule has 0 bridgehead atoms. The molecule has 31 heavy (non-hydrogen) atoms. The zero-order valence-corrected chi connectivity index (χ0v) is 18.3. The minimum Gasteiger partial charge on any atom is -0.367 e. The molecule has 1 atom stereocenters. The third kappa shape index (κ3) is 4.27. The number of carbonyl (C=O) groups excluding carboxylic acids is 2. The molecule has 2 fully saturated rings. The van der Waals surface area contributed by atoms with Gasteiger partial charge in [0.1, 0.15) is 5.69 Å². The Morgan fingerprint density at radius 3 is 2.52 bits per heavy atom. The van der Waals surface area contributed by atoms with Gasteiger partial charge in [-0.15, -0.1) is 0 Å². The van der Waals surface area contributed by atoms with Crippen molar-refractivity contribution in [3.8, 4) is 0 Å². The van der Waals surface area contributed by atoms with E-state index >= 15 is 0 Å². The first-order valence-electron chi connectivity index (χ1n) is 11.2. The van der Waals surface area contributed by atoms with E-state index in [9.17, 15) is 14.4 Å². The molecule has 1 aromatic carbocycles. The first kappa shape index (κ1) is 21.3. The second-order valence-electron chi connectivity index (χ2n) is 8.57. The van der Waals surface area contributed by atoms with Crippen LogP contribution in [0.1, 0.15) is 67.6 Å². The Labute approximate surface area is 182 Å². The van der Waals surface area contributed by atoms with Crippen LogP contribution in [-0.2, 0) is 16.1 Å². The van der Waals surface area contributed by atoms with Crippen molar-refractivity contribution in [1.82, 2.24) is 15.1 Å². The van der Waals surface area contributed by atoms with E-state index in [1.54, 1.807) is 10.9 Å². The van der Waals surface area contributed by atoms with E-state index in [-0.39, 0.29) is 23.3 Å². The number of amides is 2. The van der Waals surface area contributed by atoms with Crippen molar-refractivity contribution in [3.63, 3.8) is 0 Å². The molecule has 7 heteroatoms. The summed E-state index contributed by atoms with van der Waals surface area (Å²) >= 11 is 0. The van der Waals surface area contributed by atoms with Gasteiger partial charge in [0.15, 0.2) is 0 Å². The Morgan fingerprint density at radius 2 is 1.81 bits per heavy atom. The van der Waals surface area contributed by atoms with Crippen molar-refractivity contribution in [2.75, 3.05) is 18.0 Å². The fourth-order valence-corrected chi connectivity index (χ4v) is 4.97. The minimum atomic E-state index is -0.258. The highest BCUT2D eigenvalue weighted by Gasteiger charge is 2.31. The number of nitrogens with one attached hydrogen (secondary N) is 1. The lowest BCUT2D eigenvalue weighted by molar-refractivity contribution is -0.134. The van der Waals surface area contributed by atoms with E-state index < -0.39 is 0 Å². The predicted octanol–water partition coefficient (Wildman–Crippen LogP) is 2.87. The van der Waals surface area contributed by atoms with Crippen molar-refractivity contribution >= 4 is 17.5 Å². The van der Waals surface area contributed by atoms with Gasteiger partial charge in [0.25, 0.3) is 5.56 Å². The van der Waals surface area contributed by atoms with Crippen LogP contribution < -0.4 is 15.8 Å². The maximum absolute atomic E-state index is 12.7. The van der Waals surface area contributed by atoms with Crippen molar-refractivity contribution < 1.29 is 9.59 Å². The monoisotopic (exact) mass is 422 g/mol. The number of hydrogen-bond donors (Lipinski definition) is 1. The molecular formula is C24H30N4O3. The summed E-state index contributed by atoms with van der Waals surface area (Å²) in [6.07, 6.45) is 5.46. The molecule has 164 valence electrons. The maximum atomic E-state index is 12.7. The highest BCUT2D eigenvalue weighted by Crippen LogP contribution is 2.36. The largest absolute Gasteiger partial charge is 0.367 e. The second kappa shape index (κ2) is 9.04. The Bertz CT molecular complexity index is 1040. The first-order valence-corrected chi connectivity index (χ1v) is 11.2. The van der Waals surface area contributed by atoms with Crippen LogP contribution in [0.3, 0.4) is 0 Å². The van der Waals surface area contributed by atoms with Gasteiger partial charge in [0.2, 0.25) is 11.8 Å². The van der Waals surface area contributed by atoms with E-state index in [1.165, 1.54) is 5.56 Å². The zero-order chi connectivity index (χ0) is 22.0.